The van der Waals surface area contributed by atoms with Crippen LogP contribution in [-0.4, -0.2) is 91.1 Å². The molecule has 0 aromatic heterocycles. The molecule has 0 aliphatic heterocycles. The number of azide groups is 1. The van der Waals surface area contributed by atoms with Crippen LogP contribution >= 0.6 is 11.6 Å². The number of hydrogen-bond acceptors (Lipinski definition) is 8. The van der Waals surface area contributed by atoms with E-state index in [1.165, 1.54) is 0 Å². The Hall–Kier alpha value is -0.970. The lowest BCUT2D eigenvalue weighted by atomic mass is 10.5. The van der Waals surface area contributed by atoms with Crippen molar-refractivity contribution < 1.29 is 33.2 Å². The summed E-state index contributed by atoms with van der Waals surface area (Å²) in [6, 6.07) is 0. The molecule has 0 rings (SSSR count). The van der Waals surface area contributed by atoms with E-state index in [0.29, 0.717) is 85.8 Å². The van der Waals surface area contributed by atoms with Gasteiger partial charge in [0.15, 0.2) is 0 Å². The van der Waals surface area contributed by atoms with Gasteiger partial charge in [-0.2, -0.15) is 0 Å². The molecule has 0 aliphatic rings. The summed E-state index contributed by atoms with van der Waals surface area (Å²) in [7, 11) is 0. The fourth-order valence-electron chi connectivity index (χ4n) is 1.50. The normalized spacial score (nSPS) is 10.7. The van der Waals surface area contributed by atoms with E-state index in [2.05, 4.69) is 10.0 Å². The van der Waals surface area contributed by atoms with Crippen LogP contribution in [0.5, 0.6) is 0 Å². The third-order valence-corrected chi connectivity index (χ3v) is 2.89. The molecule has 152 valence electrons. The molecule has 0 unspecified atom stereocenters. The summed E-state index contributed by atoms with van der Waals surface area (Å²) in [6.45, 7) is 5.73. The van der Waals surface area contributed by atoms with Gasteiger partial charge in [0.05, 0.1) is 79.3 Å². The van der Waals surface area contributed by atoms with Crippen molar-refractivity contribution in [3.63, 3.8) is 0 Å². The van der Waals surface area contributed by atoms with Gasteiger partial charge in [-0.15, -0.1) is 0 Å². The van der Waals surface area contributed by atoms with Crippen LogP contribution in [0.15, 0.2) is 5.11 Å². The predicted molar refractivity (Wildman–Crippen MR) is 94.4 cm³/mol. The third kappa shape index (κ3) is 23.0. The molecule has 0 aromatic carbocycles. The van der Waals surface area contributed by atoms with Gasteiger partial charge < -0.3 is 28.4 Å². The molecule has 0 heterocycles. The van der Waals surface area contributed by atoms with Crippen molar-refractivity contribution >= 4 is 16.8 Å². The summed E-state index contributed by atoms with van der Waals surface area (Å²) in [4.78, 5) is 13.1. The van der Waals surface area contributed by atoms with Gasteiger partial charge in [0, 0.05) is 17.9 Å². The molecule has 0 bridgehead atoms. The summed E-state index contributed by atoms with van der Waals surface area (Å²) >= 11 is 5.17. The molecule has 0 atom stereocenters. The summed E-state index contributed by atoms with van der Waals surface area (Å²) in [5.41, 5.74) is 8.06. The van der Waals surface area contributed by atoms with Crippen molar-refractivity contribution in [3.05, 3.63) is 10.4 Å². The lowest BCUT2D eigenvalue weighted by Crippen LogP contribution is -2.14. The first-order valence-corrected chi connectivity index (χ1v) is 8.80. The first-order chi connectivity index (χ1) is 12.8. The molecule has 0 radical (unpaired) electrons. The lowest BCUT2D eigenvalue weighted by Gasteiger charge is -2.08. The number of nitrogens with zero attached hydrogens (tertiary/aromatic N) is 3. The van der Waals surface area contributed by atoms with Crippen LogP contribution in [0.2, 0.25) is 0 Å². The molecule has 11 heteroatoms. The molecule has 0 aliphatic carbocycles. The molecule has 0 saturated heterocycles. The smallest absolute Gasteiger partial charge is 0.223 e. The van der Waals surface area contributed by atoms with Crippen LogP contribution < -0.4 is 0 Å². The van der Waals surface area contributed by atoms with E-state index >= 15 is 0 Å². The Morgan fingerprint density at radius 2 is 1.04 bits per heavy atom. The molecule has 0 saturated carbocycles. The lowest BCUT2D eigenvalue weighted by molar-refractivity contribution is -0.112. The predicted octanol–water partition coefficient (Wildman–Crippen LogP) is 1.55. The van der Waals surface area contributed by atoms with Gasteiger partial charge in [0.1, 0.15) is 0 Å². The Balaban J connectivity index is 3.00. The van der Waals surface area contributed by atoms with E-state index in [9.17, 15) is 4.79 Å². The van der Waals surface area contributed by atoms with E-state index in [4.69, 9.17) is 45.6 Å². The van der Waals surface area contributed by atoms with Crippen LogP contribution in [-0.2, 0) is 33.2 Å². The molecular formula is C15H28ClN3O7. The molecule has 26 heavy (non-hydrogen) atoms. The SMILES string of the molecule is [N-]=[N+]=NCCOCCOCCOCCOCCOCCOCCC(=O)Cl. The fourth-order valence-corrected chi connectivity index (χ4v) is 1.58. The average Bonchev–Trinajstić information content (AvgIpc) is 2.62. The van der Waals surface area contributed by atoms with Gasteiger partial charge in [-0.25, -0.2) is 0 Å². The Morgan fingerprint density at radius 3 is 1.38 bits per heavy atom. The van der Waals surface area contributed by atoms with Gasteiger partial charge in [0.2, 0.25) is 5.24 Å². The molecule has 10 nitrogen and oxygen atoms in total. The minimum atomic E-state index is -0.402. The Bertz CT molecular complexity index is 351. The average molecular weight is 398 g/mol. The summed E-state index contributed by atoms with van der Waals surface area (Å²) in [6.07, 6.45) is 0.211. The highest BCUT2D eigenvalue weighted by Crippen LogP contribution is 1.89. The number of carbonyl (C=O) groups excluding carboxylic acids is 1. The van der Waals surface area contributed by atoms with Crippen molar-refractivity contribution in [1.82, 2.24) is 0 Å². The minimum Gasteiger partial charge on any atom is -0.379 e. The first-order valence-electron chi connectivity index (χ1n) is 8.43. The van der Waals surface area contributed by atoms with Crippen LogP contribution in [0.25, 0.3) is 10.4 Å². The maximum Gasteiger partial charge on any atom is 0.223 e. The number of hydrogen-bond donors (Lipinski definition) is 0. The summed E-state index contributed by atoms with van der Waals surface area (Å²) < 4.78 is 31.6. The van der Waals surface area contributed by atoms with Gasteiger partial charge in [-0.3, -0.25) is 4.79 Å². The second kappa shape index (κ2) is 22.1. The Kier molecular flexibility index (Phi) is 21.2. The fraction of sp³-hybridized carbons (Fsp3) is 0.933. The second-order valence-corrected chi connectivity index (χ2v) is 5.16. The molecule has 0 aromatic rings. The van der Waals surface area contributed by atoms with Crippen LogP contribution in [0.1, 0.15) is 6.42 Å². The van der Waals surface area contributed by atoms with Gasteiger partial charge in [0.25, 0.3) is 0 Å². The third-order valence-electron chi connectivity index (χ3n) is 2.70. The maximum atomic E-state index is 10.4. The topological polar surface area (TPSA) is 121 Å². The van der Waals surface area contributed by atoms with Crippen LogP contribution in [0.3, 0.4) is 0 Å². The molecule has 0 amide bonds. The van der Waals surface area contributed by atoms with E-state index < -0.39 is 5.24 Å². The van der Waals surface area contributed by atoms with E-state index in [1.807, 2.05) is 0 Å². The number of carbonyl (C=O) groups is 1. The highest BCUT2D eigenvalue weighted by molar-refractivity contribution is 6.63. The zero-order valence-electron chi connectivity index (χ0n) is 15.0. The zero-order chi connectivity index (χ0) is 19.1. The van der Waals surface area contributed by atoms with Crippen LogP contribution in [0, 0.1) is 0 Å². The summed E-state index contributed by atoms with van der Waals surface area (Å²) in [5.74, 6) is 0. The minimum absolute atomic E-state index is 0.211. The highest BCUT2D eigenvalue weighted by atomic mass is 35.5. The maximum absolute atomic E-state index is 10.4. The molecule has 0 fully saturated rings. The van der Waals surface area contributed by atoms with Crippen molar-refractivity contribution in [3.8, 4) is 0 Å². The van der Waals surface area contributed by atoms with Gasteiger partial charge in [-0.1, -0.05) is 5.11 Å². The standard InChI is InChI=1S/C15H28ClN3O7/c16-15(20)1-3-21-5-7-23-9-11-25-13-14-26-12-10-24-8-6-22-4-2-18-19-17/h1-14H2. The van der Waals surface area contributed by atoms with Crippen molar-refractivity contribution in [2.75, 3.05) is 85.8 Å². The van der Waals surface area contributed by atoms with Crippen molar-refractivity contribution in [1.29, 1.82) is 0 Å². The van der Waals surface area contributed by atoms with Crippen LogP contribution in [0.4, 0.5) is 0 Å². The Labute approximate surface area is 158 Å². The molecule has 0 spiro atoms. The number of rotatable bonds is 21. The van der Waals surface area contributed by atoms with E-state index in [-0.39, 0.29) is 6.42 Å². The van der Waals surface area contributed by atoms with E-state index in [0.717, 1.165) is 0 Å². The molecular weight excluding hydrogens is 370 g/mol. The second-order valence-electron chi connectivity index (χ2n) is 4.73. The first kappa shape index (κ1) is 25.0. The highest BCUT2D eigenvalue weighted by Gasteiger charge is 1.96. The van der Waals surface area contributed by atoms with Gasteiger partial charge in [-0.05, 0) is 17.1 Å². The zero-order valence-corrected chi connectivity index (χ0v) is 15.7. The quantitative estimate of drug-likeness (QED) is 0.0946. The van der Waals surface area contributed by atoms with Gasteiger partial charge >= 0.3 is 0 Å². The number of halogens is 1. The summed E-state index contributed by atoms with van der Waals surface area (Å²) in [5, 5.41) is 2.94. The van der Waals surface area contributed by atoms with Crippen molar-refractivity contribution in [2.24, 2.45) is 5.11 Å². The monoisotopic (exact) mass is 397 g/mol. The van der Waals surface area contributed by atoms with Crippen molar-refractivity contribution in [2.45, 2.75) is 6.42 Å². The molecule has 0 N–H and O–H groups in total. The largest absolute Gasteiger partial charge is 0.379 e. The number of ether oxygens (including phenoxy) is 6. The Morgan fingerprint density at radius 1 is 0.692 bits per heavy atom. The van der Waals surface area contributed by atoms with E-state index in [1.54, 1.807) is 0 Å².